The summed E-state index contributed by atoms with van der Waals surface area (Å²) in [6.07, 6.45) is 2.63. The van der Waals surface area contributed by atoms with Crippen molar-refractivity contribution in [1.82, 2.24) is 20.3 Å². The van der Waals surface area contributed by atoms with E-state index in [0.717, 1.165) is 16.3 Å². The Balaban J connectivity index is 1.22. The number of sulfonamides is 1. The van der Waals surface area contributed by atoms with E-state index in [1.165, 1.54) is 18.6 Å². The number of fused-ring (bicyclic) bond motifs is 3. The summed E-state index contributed by atoms with van der Waals surface area (Å²) in [6, 6.07) is 17.6. The number of aromatic nitrogens is 3. The molecule has 1 aliphatic rings. The van der Waals surface area contributed by atoms with Crippen LogP contribution in [-0.4, -0.2) is 41.8 Å². The first-order valence-corrected chi connectivity index (χ1v) is 13.0. The lowest BCUT2D eigenvalue weighted by Gasteiger charge is -2.18. The molecule has 0 fully saturated rings. The van der Waals surface area contributed by atoms with E-state index in [9.17, 15) is 18.0 Å². The van der Waals surface area contributed by atoms with Gasteiger partial charge in [0.1, 0.15) is 17.6 Å². The minimum absolute atomic E-state index is 0.0383. The molecule has 0 unspecified atom stereocenters. The lowest BCUT2D eigenvalue weighted by molar-refractivity contribution is -0.118. The third kappa shape index (κ3) is 4.37. The zero-order chi connectivity index (χ0) is 26.3. The predicted molar refractivity (Wildman–Crippen MR) is 140 cm³/mol. The van der Waals surface area contributed by atoms with E-state index in [1.54, 1.807) is 30.3 Å². The van der Waals surface area contributed by atoms with Gasteiger partial charge in [0, 0.05) is 12.7 Å². The number of anilines is 2. The summed E-state index contributed by atoms with van der Waals surface area (Å²) >= 11 is 0. The molecule has 0 atom stereocenters. The predicted octanol–water partition coefficient (Wildman–Crippen LogP) is 3.17. The highest BCUT2D eigenvalue weighted by molar-refractivity contribution is 7.92. The molecule has 3 aromatic carbocycles. The second kappa shape index (κ2) is 9.16. The zero-order valence-corrected chi connectivity index (χ0v) is 20.5. The minimum atomic E-state index is -3.93. The molecular weight excluding hydrogens is 508 g/mol. The number of hydrogen-bond donors (Lipinski definition) is 4. The number of nitrogens with zero attached hydrogens (tertiary/aromatic N) is 2. The van der Waals surface area contributed by atoms with Crippen molar-refractivity contribution in [3.63, 3.8) is 0 Å². The maximum absolute atomic E-state index is 13.1. The van der Waals surface area contributed by atoms with E-state index in [-0.39, 0.29) is 46.4 Å². The van der Waals surface area contributed by atoms with Crippen LogP contribution < -0.4 is 20.1 Å². The third-order valence-corrected chi connectivity index (χ3v) is 7.45. The molecule has 0 saturated carbocycles. The van der Waals surface area contributed by atoms with Crippen molar-refractivity contribution in [2.75, 3.05) is 16.6 Å². The molecule has 0 saturated heterocycles. The van der Waals surface area contributed by atoms with Crippen molar-refractivity contribution in [2.24, 2.45) is 0 Å². The Hall–Kier alpha value is -4.97. The van der Waals surface area contributed by atoms with Crippen LogP contribution in [-0.2, 0) is 21.4 Å². The van der Waals surface area contributed by atoms with Crippen molar-refractivity contribution >= 4 is 55.0 Å². The summed E-state index contributed by atoms with van der Waals surface area (Å²) in [5, 5.41) is 7.23. The Morgan fingerprint density at radius 2 is 1.87 bits per heavy atom. The van der Waals surface area contributed by atoms with E-state index in [2.05, 4.69) is 30.3 Å². The van der Waals surface area contributed by atoms with E-state index in [4.69, 9.17) is 4.74 Å². The highest BCUT2D eigenvalue weighted by atomic mass is 32.2. The Morgan fingerprint density at radius 3 is 2.74 bits per heavy atom. The standard InChI is InChI=1S/C26H20N6O5S/c33-22-13-37-21-8-5-15(9-19(21)31-22)11-28-26(34)25-24-23(29-14-30-25)20(12-27-24)32-38(35,36)18-7-6-16-3-1-2-4-17(16)10-18/h1-10,12,14,27,32H,11,13H2,(H,28,34)(H,31,33). The molecule has 1 aliphatic heterocycles. The molecule has 2 aromatic heterocycles. The third-order valence-electron chi connectivity index (χ3n) is 6.08. The number of ether oxygens (including phenoxy) is 1. The maximum atomic E-state index is 13.1. The largest absolute Gasteiger partial charge is 0.482 e. The number of nitrogens with one attached hydrogen (secondary N) is 4. The van der Waals surface area contributed by atoms with Gasteiger partial charge >= 0.3 is 0 Å². The zero-order valence-electron chi connectivity index (χ0n) is 19.7. The second-order valence-electron chi connectivity index (χ2n) is 8.61. The summed E-state index contributed by atoms with van der Waals surface area (Å²) in [5.41, 5.74) is 2.06. The Labute approximate surface area is 216 Å². The van der Waals surface area contributed by atoms with Crippen molar-refractivity contribution in [3.05, 3.63) is 84.4 Å². The van der Waals surface area contributed by atoms with Gasteiger partial charge in [0.15, 0.2) is 12.3 Å². The average molecular weight is 529 g/mol. The van der Waals surface area contributed by atoms with Crippen LogP contribution >= 0.6 is 0 Å². The topological polar surface area (TPSA) is 155 Å². The fraction of sp³-hybridized carbons (Fsp3) is 0.0769. The fourth-order valence-corrected chi connectivity index (χ4v) is 5.33. The highest BCUT2D eigenvalue weighted by Crippen LogP contribution is 2.29. The van der Waals surface area contributed by atoms with E-state index in [1.807, 2.05) is 24.3 Å². The number of aromatic amines is 1. The van der Waals surface area contributed by atoms with Gasteiger partial charge in [0.25, 0.3) is 21.8 Å². The van der Waals surface area contributed by atoms with Crippen LogP contribution in [0.25, 0.3) is 21.8 Å². The molecule has 12 heteroatoms. The van der Waals surface area contributed by atoms with Crippen LogP contribution in [0.2, 0.25) is 0 Å². The van der Waals surface area contributed by atoms with Gasteiger partial charge in [-0.15, -0.1) is 0 Å². The molecule has 38 heavy (non-hydrogen) atoms. The lowest BCUT2D eigenvalue weighted by atomic mass is 10.1. The average Bonchev–Trinajstić information content (AvgIpc) is 3.33. The van der Waals surface area contributed by atoms with Gasteiger partial charge in [0.2, 0.25) is 0 Å². The smallest absolute Gasteiger partial charge is 0.272 e. The molecule has 11 nitrogen and oxygen atoms in total. The molecule has 0 spiro atoms. The molecule has 2 amide bonds. The number of rotatable bonds is 6. The quantitative estimate of drug-likeness (QED) is 0.264. The number of benzene rings is 3. The van der Waals surface area contributed by atoms with Gasteiger partial charge < -0.3 is 20.4 Å². The van der Waals surface area contributed by atoms with Crippen molar-refractivity contribution in [2.45, 2.75) is 11.4 Å². The molecule has 3 heterocycles. The van der Waals surface area contributed by atoms with Crippen molar-refractivity contribution in [1.29, 1.82) is 0 Å². The van der Waals surface area contributed by atoms with Gasteiger partial charge in [-0.05, 0) is 40.6 Å². The van der Waals surface area contributed by atoms with Gasteiger partial charge in [-0.3, -0.25) is 14.3 Å². The summed E-state index contributed by atoms with van der Waals surface area (Å²) < 4.78 is 34.1. The second-order valence-corrected chi connectivity index (χ2v) is 10.3. The molecular formula is C26H20N6O5S. The normalized spacial score (nSPS) is 13.0. The van der Waals surface area contributed by atoms with Gasteiger partial charge in [0.05, 0.1) is 21.8 Å². The van der Waals surface area contributed by atoms with Gasteiger partial charge in [-0.25, -0.2) is 18.4 Å². The first-order chi connectivity index (χ1) is 18.4. The summed E-state index contributed by atoms with van der Waals surface area (Å²) in [4.78, 5) is 35.8. The SMILES string of the molecule is O=C1COc2ccc(CNC(=O)c3ncnc4c(NS(=O)(=O)c5ccc6ccccc6c5)c[nH]c34)cc2N1. The van der Waals surface area contributed by atoms with Crippen LogP contribution in [0, 0.1) is 0 Å². The maximum Gasteiger partial charge on any atom is 0.272 e. The number of carbonyl (C=O) groups is 2. The lowest BCUT2D eigenvalue weighted by Crippen LogP contribution is -2.26. The first-order valence-electron chi connectivity index (χ1n) is 11.5. The summed E-state index contributed by atoms with van der Waals surface area (Å²) in [6.45, 7) is 0.124. The molecule has 0 radical (unpaired) electrons. The number of amides is 2. The molecule has 0 bridgehead atoms. The number of H-pyrrole nitrogens is 1. The summed E-state index contributed by atoms with van der Waals surface area (Å²) in [5.74, 6) is -0.177. The van der Waals surface area contributed by atoms with Crippen molar-refractivity contribution in [3.8, 4) is 5.75 Å². The van der Waals surface area contributed by atoms with Crippen LogP contribution in [0.4, 0.5) is 11.4 Å². The highest BCUT2D eigenvalue weighted by Gasteiger charge is 2.21. The van der Waals surface area contributed by atoms with Crippen LogP contribution in [0.15, 0.2) is 78.1 Å². The Kier molecular flexibility index (Phi) is 5.65. The molecule has 4 N–H and O–H groups in total. The minimum Gasteiger partial charge on any atom is -0.482 e. The Morgan fingerprint density at radius 1 is 1.03 bits per heavy atom. The van der Waals surface area contributed by atoms with Crippen molar-refractivity contribution < 1.29 is 22.7 Å². The summed E-state index contributed by atoms with van der Waals surface area (Å²) in [7, 11) is -3.93. The molecule has 190 valence electrons. The van der Waals surface area contributed by atoms with Crippen LogP contribution in [0.1, 0.15) is 16.1 Å². The van der Waals surface area contributed by atoms with E-state index < -0.39 is 15.9 Å². The van der Waals surface area contributed by atoms with Gasteiger partial charge in [-0.2, -0.15) is 0 Å². The first kappa shape index (κ1) is 23.4. The van der Waals surface area contributed by atoms with Gasteiger partial charge in [-0.1, -0.05) is 36.4 Å². The molecule has 0 aliphatic carbocycles. The molecule has 6 rings (SSSR count). The monoisotopic (exact) mass is 528 g/mol. The van der Waals surface area contributed by atoms with E-state index >= 15 is 0 Å². The fourth-order valence-electron chi connectivity index (χ4n) is 4.23. The van der Waals surface area contributed by atoms with Crippen LogP contribution in [0.5, 0.6) is 5.75 Å². The number of carbonyl (C=O) groups excluding carboxylic acids is 2. The van der Waals surface area contributed by atoms with E-state index in [0.29, 0.717) is 11.4 Å². The molecule has 5 aromatic rings. The Bertz CT molecular complexity index is 1850. The van der Waals surface area contributed by atoms with Crippen LogP contribution in [0.3, 0.4) is 0 Å². The number of hydrogen-bond acceptors (Lipinski definition) is 7.